The van der Waals surface area contributed by atoms with E-state index in [2.05, 4.69) is 26.2 Å². The van der Waals surface area contributed by atoms with Crippen LogP contribution in [-0.4, -0.2) is 20.8 Å². The fraction of sp³-hybridized carbons (Fsp3) is 0.500. The minimum Gasteiger partial charge on any atom is -0.256 e. The van der Waals surface area contributed by atoms with Crippen LogP contribution in [0.25, 0.3) is 0 Å². The molecule has 8 heavy (non-hydrogen) atoms. The highest BCUT2D eigenvalue weighted by atomic mass is 79.9. The quantitative estimate of drug-likeness (QED) is 0.550. The van der Waals surface area contributed by atoms with Gasteiger partial charge in [0, 0.05) is 13.2 Å². The largest absolute Gasteiger partial charge is 0.256 e. The average Bonchev–Trinajstić information content (AvgIpc) is 2.24. The smallest absolute Gasteiger partial charge is 0.0692 e. The first-order valence-electron chi connectivity index (χ1n) is 2.07. The molecule has 0 aliphatic carbocycles. The first kappa shape index (κ1) is 7.62. The van der Waals surface area contributed by atoms with Crippen LogP contribution in [-0.2, 0) is 7.05 Å². The summed E-state index contributed by atoms with van der Waals surface area (Å²) in [6.07, 6.45) is 3.42. The Morgan fingerprint density at radius 1 is 1.50 bits per heavy atom. The number of halogens is 1. The molecular weight excluding hydrogens is 170 g/mol. The lowest BCUT2D eigenvalue weighted by Crippen LogP contribution is -1.85. The minimum atomic E-state index is 1.64. The monoisotopic (exact) mass is 177 g/mol. The lowest BCUT2D eigenvalue weighted by Gasteiger charge is -1.74. The van der Waals surface area contributed by atoms with E-state index < -0.39 is 0 Å². The van der Waals surface area contributed by atoms with Crippen molar-refractivity contribution in [2.45, 2.75) is 0 Å². The molecule has 0 aliphatic heterocycles. The number of aryl methyl sites for hydroxylation is 1. The van der Waals surface area contributed by atoms with Gasteiger partial charge in [0.2, 0.25) is 0 Å². The van der Waals surface area contributed by atoms with Gasteiger partial charge >= 0.3 is 0 Å². The molecule has 3 nitrogen and oxygen atoms in total. The lowest BCUT2D eigenvalue weighted by atomic mass is 10.9. The maximum Gasteiger partial charge on any atom is 0.0692 e. The van der Waals surface area contributed by atoms with Gasteiger partial charge in [0.1, 0.15) is 0 Å². The molecule has 1 heterocycles. The van der Waals surface area contributed by atoms with Crippen LogP contribution in [0, 0.1) is 0 Å². The second-order valence-electron chi connectivity index (χ2n) is 1.08. The Balaban J connectivity index is 0.000000222. The van der Waals surface area contributed by atoms with E-state index >= 15 is 0 Å². The summed E-state index contributed by atoms with van der Waals surface area (Å²) in [5.41, 5.74) is 0. The van der Waals surface area contributed by atoms with Crippen molar-refractivity contribution in [3.05, 3.63) is 12.4 Å². The third kappa shape index (κ3) is 2.74. The summed E-state index contributed by atoms with van der Waals surface area (Å²) in [5, 5.41) is 7.12. The highest BCUT2D eigenvalue weighted by Crippen LogP contribution is 1.66. The fourth-order valence-electron chi connectivity index (χ4n) is 0.267. The number of hydrogen-bond donors (Lipinski definition) is 0. The molecule has 0 atom stereocenters. The first-order chi connectivity index (χ1) is 3.89. The van der Waals surface area contributed by atoms with Crippen molar-refractivity contribution in [1.29, 1.82) is 0 Å². The second-order valence-corrected chi connectivity index (χ2v) is 1.08. The van der Waals surface area contributed by atoms with Crippen LogP contribution in [0.4, 0.5) is 0 Å². The van der Waals surface area contributed by atoms with Crippen molar-refractivity contribution in [3.63, 3.8) is 0 Å². The van der Waals surface area contributed by atoms with Crippen LogP contribution in [0.3, 0.4) is 0 Å². The van der Waals surface area contributed by atoms with Gasteiger partial charge in [-0.2, -0.15) is 0 Å². The van der Waals surface area contributed by atoms with E-state index in [9.17, 15) is 0 Å². The molecule has 46 valence electrons. The van der Waals surface area contributed by atoms with Crippen LogP contribution < -0.4 is 0 Å². The summed E-state index contributed by atoms with van der Waals surface area (Å²) in [6.45, 7) is 0. The van der Waals surface area contributed by atoms with Gasteiger partial charge in [-0.25, -0.2) is 0 Å². The molecule has 0 aliphatic rings. The third-order valence-corrected chi connectivity index (χ3v) is 0.542. The van der Waals surface area contributed by atoms with Crippen molar-refractivity contribution in [1.82, 2.24) is 15.0 Å². The zero-order valence-electron chi connectivity index (χ0n) is 4.87. The molecule has 1 rings (SSSR count). The maximum absolute atomic E-state index is 3.58. The number of alkyl halides is 1. The predicted octanol–water partition coefficient (Wildman–Crippen LogP) is 0.826. The number of rotatable bonds is 0. The summed E-state index contributed by atoms with van der Waals surface area (Å²) in [5.74, 6) is 1.81. The molecule has 0 unspecified atom stereocenters. The van der Waals surface area contributed by atoms with E-state index in [0.717, 1.165) is 0 Å². The van der Waals surface area contributed by atoms with Gasteiger partial charge in [-0.05, 0) is 5.83 Å². The Bertz CT molecular complexity index is 115. The topological polar surface area (TPSA) is 30.7 Å². The van der Waals surface area contributed by atoms with Crippen LogP contribution >= 0.6 is 15.9 Å². The summed E-state index contributed by atoms with van der Waals surface area (Å²) in [6, 6.07) is 0. The van der Waals surface area contributed by atoms with E-state index in [-0.39, 0.29) is 0 Å². The van der Waals surface area contributed by atoms with Gasteiger partial charge in [-0.1, -0.05) is 21.1 Å². The first-order valence-corrected chi connectivity index (χ1v) is 3.66. The average molecular weight is 178 g/mol. The zero-order valence-corrected chi connectivity index (χ0v) is 6.46. The van der Waals surface area contributed by atoms with Gasteiger partial charge in [0.05, 0.1) is 6.20 Å². The molecule has 4 heteroatoms. The van der Waals surface area contributed by atoms with Gasteiger partial charge in [0.15, 0.2) is 0 Å². The molecule has 1 aromatic heterocycles. The Hall–Kier alpha value is -0.380. The van der Waals surface area contributed by atoms with Crippen molar-refractivity contribution in [2.24, 2.45) is 7.05 Å². The third-order valence-electron chi connectivity index (χ3n) is 0.542. The molecular formula is C4H8BrN3. The van der Waals surface area contributed by atoms with Crippen molar-refractivity contribution < 1.29 is 0 Å². The molecule has 0 aromatic carbocycles. The van der Waals surface area contributed by atoms with Gasteiger partial charge in [0.25, 0.3) is 0 Å². The van der Waals surface area contributed by atoms with E-state index in [1.165, 1.54) is 0 Å². The molecule has 0 bridgehead atoms. The molecule has 0 fully saturated rings. The van der Waals surface area contributed by atoms with E-state index in [4.69, 9.17) is 0 Å². The Labute approximate surface area is 56.8 Å². The van der Waals surface area contributed by atoms with Crippen LogP contribution in [0.15, 0.2) is 12.4 Å². The van der Waals surface area contributed by atoms with E-state index in [0.29, 0.717) is 0 Å². The van der Waals surface area contributed by atoms with E-state index in [1.807, 2.05) is 12.9 Å². The summed E-state index contributed by atoms with van der Waals surface area (Å²) >= 11 is 2.94. The van der Waals surface area contributed by atoms with Crippen molar-refractivity contribution >= 4 is 15.9 Å². The van der Waals surface area contributed by atoms with Crippen molar-refractivity contribution in [2.75, 3.05) is 5.83 Å². The standard InChI is InChI=1S/C3H5N3.CH3Br/c1-6-3-2-4-5-6;1-2/h2-3H,1H3;1H3. The van der Waals surface area contributed by atoms with Crippen LogP contribution in [0.5, 0.6) is 0 Å². The molecule has 0 saturated heterocycles. The Kier molecular flexibility index (Phi) is 4.54. The molecule has 0 spiro atoms. The van der Waals surface area contributed by atoms with Gasteiger partial charge in [-0.3, -0.25) is 4.68 Å². The Morgan fingerprint density at radius 3 is 2.25 bits per heavy atom. The van der Waals surface area contributed by atoms with Gasteiger partial charge in [-0.15, -0.1) is 5.10 Å². The zero-order chi connectivity index (χ0) is 6.41. The SMILES string of the molecule is CBr.Cn1ccnn1. The van der Waals surface area contributed by atoms with E-state index in [1.54, 1.807) is 17.1 Å². The predicted molar refractivity (Wildman–Crippen MR) is 35.9 cm³/mol. The van der Waals surface area contributed by atoms with Crippen LogP contribution in [0.2, 0.25) is 0 Å². The lowest BCUT2D eigenvalue weighted by molar-refractivity contribution is 0.715. The molecule has 0 radical (unpaired) electrons. The highest BCUT2D eigenvalue weighted by molar-refractivity contribution is 9.08. The van der Waals surface area contributed by atoms with Gasteiger partial charge < -0.3 is 0 Å². The molecule has 0 amide bonds. The normalized spacial score (nSPS) is 7.38. The number of nitrogens with zero attached hydrogens (tertiary/aromatic N) is 3. The number of aromatic nitrogens is 3. The van der Waals surface area contributed by atoms with Crippen LogP contribution in [0.1, 0.15) is 0 Å². The van der Waals surface area contributed by atoms with Crippen molar-refractivity contribution in [3.8, 4) is 0 Å². The molecule has 1 aromatic rings. The number of hydrogen-bond acceptors (Lipinski definition) is 2. The highest BCUT2D eigenvalue weighted by Gasteiger charge is 1.70. The minimum absolute atomic E-state index is 1.64. The summed E-state index contributed by atoms with van der Waals surface area (Å²) in [7, 11) is 1.83. The fourth-order valence-corrected chi connectivity index (χ4v) is 0.267. The molecule has 0 N–H and O–H groups in total. The maximum atomic E-state index is 3.58. The Morgan fingerprint density at radius 2 is 2.12 bits per heavy atom. The summed E-state index contributed by atoms with van der Waals surface area (Å²) < 4.78 is 1.64. The molecule has 0 saturated carbocycles. The second kappa shape index (κ2) is 4.77. The summed E-state index contributed by atoms with van der Waals surface area (Å²) in [4.78, 5) is 0.